The number of carboxylic acid groups (broad SMARTS) is 1. The van der Waals surface area contributed by atoms with Crippen LogP contribution in [0.2, 0.25) is 0 Å². The van der Waals surface area contributed by atoms with Crippen LogP contribution in [-0.4, -0.2) is 26.8 Å². The highest BCUT2D eigenvalue weighted by atomic mass is 16.7. The second-order valence-corrected chi connectivity index (χ2v) is 1.35. The summed E-state index contributed by atoms with van der Waals surface area (Å²) in [5, 5.41) is 33.7. The number of hydrogen-bond acceptors (Lipinski definition) is 5. The smallest absolute Gasteiger partial charge is 0.473 e. The largest absolute Gasteiger partial charge is 0.507 e. The summed E-state index contributed by atoms with van der Waals surface area (Å²) in [5.74, 6) is -2.19. The zero-order valence-corrected chi connectivity index (χ0v) is 4.51. The summed E-state index contributed by atoms with van der Waals surface area (Å²) in [7, 11) is 0. The molecule has 0 radical (unpaired) electrons. The van der Waals surface area contributed by atoms with E-state index in [-0.39, 0.29) is 0 Å². The maximum atomic E-state index is 9.78. The van der Waals surface area contributed by atoms with Gasteiger partial charge in [0.2, 0.25) is 0 Å². The molecule has 0 aromatic heterocycles. The number of nitriles is 1. The van der Waals surface area contributed by atoms with Gasteiger partial charge in [-0.15, -0.1) is 0 Å². The fourth-order valence-electron chi connectivity index (χ4n) is 0.167. The molecule has 1 atom stereocenters. The van der Waals surface area contributed by atoms with E-state index in [4.69, 9.17) is 15.5 Å². The van der Waals surface area contributed by atoms with Gasteiger partial charge in [-0.3, -0.25) is 10.1 Å². The number of nitro groups is 1. The van der Waals surface area contributed by atoms with E-state index >= 15 is 0 Å². The molecule has 0 saturated heterocycles. The molecular weight excluding hydrogens is 144 g/mol. The van der Waals surface area contributed by atoms with Gasteiger partial charge in [-0.25, -0.2) is 4.79 Å². The molecule has 0 aromatic rings. The minimum atomic E-state index is -3.51. The molecule has 0 aliphatic carbocycles. The van der Waals surface area contributed by atoms with Crippen molar-refractivity contribution >= 4 is 5.97 Å². The van der Waals surface area contributed by atoms with Crippen LogP contribution in [-0.2, 0) is 4.79 Å². The Kier molecular flexibility index (Phi) is 1.90. The van der Waals surface area contributed by atoms with Crippen LogP contribution in [0.4, 0.5) is 0 Å². The Labute approximate surface area is 54.3 Å². The molecular formula is C3H2N2O5. The third-order valence-electron chi connectivity index (χ3n) is 0.718. The molecule has 0 aromatic carbocycles. The first kappa shape index (κ1) is 8.32. The summed E-state index contributed by atoms with van der Waals surface area (Å²) in [4.78, 5) is 17.8. The molecule has 0 rings (SSSR count). The van der Waals surface area contributed by atoms with Crippen LogP contribution in [0.15, 0.2) is 0 Å². The summed E-state index contributed by atoms with van der Waals surface area (Å²) in [6.45, 7) is 0. The van der Waals surface area contributed by atoms with Gasteiger partial charge in [-0.2, -0.15) is 5.26 Å². The van der Waals surface area contributed by atoms with Gasteiger partial charge in [0.25, 0.3) is 0 Å². The minimum Gasteiger partial charge on any atom is -0.473 e. The van der Waals surface area contributed by atoms with Crippen molar-refractivity contribution in [1.29, 1.82) is 5.26 Å². The number of aliphatic carboxylic acids is 1. The lowest BCUT2D eigenvalue weighted by atomic mass is 10.3. The molecule has 1 unspecified atom stereocenters. The van der Waals surface area contributed by atoms with Crippen LogP contribution >= 0.6 is 0 Å². The molecule has 0 bridgehead atoms. The van der Waals surface area contributed by atoms with Gasteiger partial charge < -0.3 is 10.2 Å². The van der Waals surface area contributed by atoms with E-state index in [1.807, 2.05) is 0 Å². The average Bonchev–Trinajstić information content (AvgIpc) is 1.85. The molecule has 0 aliphatic rings. The first-order valence-electron chi connectivity index (χ1n) is 1.96. The average molecular weight is 146 g/mol. The predicted octanol–water partition coefficient (Wildman–Crippen LogP) is -1.44. The summed E-state index contributed by atoms with van der Waals surface area (Å²) >= 11 is 0. The monoisotopic (exact) mass is 146 g/mol. The summed E-state index contributed by atoms with van der Waals surface area (Å²) in [6, 6.07) is 0.634. The third kappa shape index (κ3) is 1.01. The third-order valence-corrected chi connectivity index (χ3v) is 0.718. The Balaban J connectivity index is 4.78. The van der Waals surface area contributed by atoms with E-state index in [1.54, 1.807) is 0 Å². The zero-order chi connectivity index (χ0) is 8.36. The van der Waals surface area contributed by atoms with Gasteiger partial charge >= 0.3 is 11.7 Å². The van der Waals surface area contributed by atoms with Crippen LogP contribution in [0.3, 0.4) is 0 Å². The van der Waals surface area contributed by atoms with E-state index < -0.39 is 16.6 Å². The van der Waals surface area contributed by atoms with Gasteiger partial charge in [0.05, 0.1) is 4.92 Å². The van der Waals surface area contributed by atoms with E-state index in [0.29, 0.717) is 6.07 Å². The van der Waals surface area contributed by atoms with Gasteiger partial charge in [-0.1, -0.05) is 0 Å². The maximum Gasteiger partial charge on any atom is 0.507 e. The van der Waals surface area contributed by atoms with Gasteiger partial charge in [0.15, 0.2) is 6.07 Å². The molecule has 0 heterocycles. The standard InChI is InChI=1S/C3H2N2O5/c4-1-3(8,2(6)7)5(9)10/h8H,(H,6,7). The molecule has 10 heavy (non-hydrogen) atoms. The van der Waals surface area contributed by atoms with Crippen LogP contribution in [0.5, 0.6) is 0 Å². The van der Waals surface area contributed by atoms with Crippen molar-refractivity contribution in [2.75, 3.05) is 0 Å². The van der Waals surface area contributed by atoms with E-state index in [1.165, 1.54) is 0 Å². The van der Waals surface area contributed by atoms with Crippen molar-refractivity contribution in [3.05, 3.63) is 10.1 Å². The Morgan fingerprint density at radius 1 is 1.80 bits per heavy atom. The molecule has 0 saturated carbocycles. The van der Waals surface area contributed by atoms with E-state index in [9.17, 15) is 14.9 Å². The summed E-state index contributed by atoms with van der Waals surface area (Å²) < 4.78 is 0. The second-order valence-electron chi connectivity index (χ2n) is 1.35. The predicted molar refractivity (Wildman–Crippen MR) is 25.2 cm³/mol. The van der Waals surface area contributed by atoms with Crippen molar-refractivity contribution < 1.29 is 19.9 Å². The topological polar surface area (TPSA) is 124 Å². The molecule has 7 heteroatoms. The molecule has 7 nitrogen and oxygen atoms in total. The first-order valence-corrected chi connectivity index (χ1v) is 1.96. The summed E-state index contributed by atoms with van der Waals surface area (Å²) in [6.07, 6.45) is 0. The Hall–Kier alpha value is -1.68. The summed E-state index contributed by atoms with van der Waals surface area (Å²) in [5.41, 5.74) is -3.51. The van der Waals surface area contributed by atoms with Crippen molar-refractivity contribution in [3.8, 4) is 6.07 Å². The van der Waals surface area contributed by atoms with Crippen LogP contribution in [0.1, 0.15) is 0 Å². The minimum absolute atomic E-state index is 0.634. The molecule has 2 N–H and O–H groups in total. The molecule has 0 amide bonds. The normalized spacial score (nSPS) is 14.8. The fourth-order valence-corrected chi connectivity index (χ4v) is 0.167. The van der Waals surface area contributed by atoms with Gasteiger partial charge in [-0.05, 0) is 0 Å². The highest BCUT2D eigenvalue weighted by Gasteiger charge is 2.50. The Morgan fingerprint density at radius 2 is 2.20 bits per heavy atom. The van der Waals surface area contributed by atoms with E-state index in [2.05, 4.69) is 0 Å². The Morgan fingerprint density at radius 3 is 2.20 bits per heavy atom. The highest BCUT2D eigenvalue weighted by molar-refractivity contribution is 5.78. The highest BCUT2D eigenvalue weighted by Crippen LogP contribution is 2.02. The maximum absolute atomic E-state index is 9.78. The molecule has 54 valence electrons. The number of carbonyl (C=O) groups is 1. The quantitative estimate of drug-likeness (QED) is 0.212. The molecule has 0 aliphatic heterocycles. The van der Waals surface area contributed by atoms with Crippen molar-refractivity contribution in [1.82, 2.24) is 0 Å². The first-order chi connectivity index (χ1) is 4.45. The van der Waals surface area contributed by atoms with Gasteiger partial charge in [0.1, 0.15) is 0 Å². The lowest BCUT2D eigenvalue weighted by Gasteiger charge is -2.02. The van der Waals surface area contributed by atoms with Crippen LogP contribution < -0.4 is 0 Å². The number of aliphatic hydroxyl groups is 1. The second kappa shape index (κ2) is 2.28. The van der Waals surface area contributed by atoms with Crippen molar-refractivity contribution in [3.63, 3.8) is 0 Å². The van der Waals surface area contributed by atoms with Crippen molar-refractivity contribution in [2.45, 2.75) is 5.72 Å². The Bertz CT molecular complexity index is 201. The molecule has 0 spiro atoms. The molecule has 0 fully saturated rings. The number of carboxylic acids is 1. The van der Waals surface area contributed by atoms with Crippen molar-refractivity contribution in [2.24, 2.45) is 0 Å². The van der Waals surface area contributed by atoms with Gasteiger partial charge in [0, 0.05) is 0 Å². The van der Waals surface area contributed by atoms with Crippen LogP contribution in [0, 0.1) is 21.4 Å². The van der Waals surface area contributed by atoms with E-state index in [0.717, 1.165) is 0 Å². The lowest BCUT2D eigenvalue weighted by molar-refractivity contribution is -0.587. The number of hydrogen-bond donors (Lipinski definition) is 2. The fraction of sp³-hybridized carbons (Fsp3) is 0.333. The van der Waals surface area contributed by atoms with Crippen LogP contribution in [0.25, 0.3) is 0 Å². The zero-order valence-electron chi connectivity index (χ0n) is 4.51. The number of rotatable bonds is 2. The number of nitrogens with zero attached hydrogens (tertiary/aromatic N) is 2. The lowest BCUT2D eigenvalue weighted by Crippen LogP contribution is -2.44. The SMILES string of the molecule is N#CC(O)(C(=O)O)[N+](=O)[O-].